The van der Waals surface area contributed by atoms with E-state index >= 15 is 0 Å². The van der Waals surface area contributed by atoms with E-state index in [1.807, 2.05) is 6.92 Å². The van der Waals surface area contributed by atoms with Crippen LogP contribution in [0.15, 0.2) is 11.6 Å². The molecule has 24 heavy (non-hydrogen) atoms. The molecule has 4 aliphatic carbocycles. The average molecular weight is 332 g/mol. The highest BCUT2D eigenvalue weighted by molar-refractivity contribution is 5.88. The highest BCUT2D eigenvalue weighted by atomic mass is 16.4. The fraction of sp³-hybridized carbons (Fsp3) is 0.800. The van der Waals surface area contributed by atoms with Crippen molar-refractivity contribution in [2.75, 3.05) is 0 Å². The molecule has 132 valence electrons. The van der Waals surface area contributed by atoms with Gasteiger partial charge in [0.2, 0.25) is 0 Å². The van der Waals surface area contributed by atoms with Crippen LogP contribution in [0.4, 0.5) is 0 Å². The summed E-state index contributed by atoms with van der Waals surface area (Å²) in [4.78, 5) is 23.7. The van der Waals surface area contributed by atoms with E-state index < -0.39 is 17.4 Å². The zero-order chi connectivity index (χ0) is 17.3. The van der Waals surface area contributed by atoms with Crippen molar-refractivity contribution in [1.82, 2.24) is 0 Å². The molecule has 0 aromatic heterocycles. The number of carbonyl (C=O) groups is 2. The molecule has 0 radical (unpaired) electrons. The van der Waals surface area contributed by atoms with Gasteiger partial charge < -0.3 is 10.2 Å². The first-order valence-electron chi connectivity index (χ1n) is 9.42. The van der Waals surface area contributed by atoms with Crippen molar-refractivity contribution in [1.29, 1.82) is 0 Å². The Labute approximate surface area is 143 Å². The minimum Gasteiger partial charge on any atom is -0.481 e. The quantitative estimate of drug-likeness (QED) is 0.798. The Morgan fingerprint density at radius 2 is 1.79 bits per heavy atom. The van der Waals surface area contributed by atoms with E-state index in [-0.39, 0.29) is 22.7 Å². The Kier molecular flexibility index (Phi) is 3.27. The molecule has 3 fully saturated rings. The third kappa shape index (κ3) is 1.86. The molecule has 1 spiro atoms. The average Bonchev–Trinajstić information content (AvgIpc) is 2.78. The number of fused-ring (bicyclic) bond motifs is 3. The van der Waals surface area contributed by atoms with Gasteiger partial charge >= 0.3 is 11.9 Å². The highest BCUT2D eigenvalue weighted by Crippen LogP contribution is 2.70. The van der Waals surface area contributed by atoms with Crippen LogP contribution in [0.3, 0.4) is 0 Å². The molecule has 0 amide bonds. The van der Waals surface area contributed by atoms with Gasteiger partial charge in [0, 0.05) is 5.57 Å². The second-order valence-corrected chi connectivity index (χ2v) is 9.34. The Bertz CT molecular complexity index is 638. The van der Waals surface area contributed by atoms with Crippen molar-refractivity contribution < 1.29 is 19.8 Å². The molecule has 0 heterocycles. The molecule has 2 N–H and O–H groups in total. The van der Waals surface area contributed by atoms with Gasteiger partial charge in [-0.15, -0.1) is 0 Å². The third-order valence-electron chi connectivity index (χ3n) is 8.41. The molecule has 0 aromatic rings. The van der Waals surface area contributed by atoms with Gasteiger partial charge in [-0.1, -0.05) is 19.4 Å². The Balaban J connectivity index is 1.76. The molecule has 4 rings (SSSR count). The first kappa shape index (κ1) is 16.2. The predicted molar refractivity (Wildman–Crippen MR) is 89.4 cm³/mol. The molecule has 4 heteroatoms. The molecular formula is C20H28O4. The molecular weight excluding hydrogens is 304 g/mol. The van der Waals surface area contributed by atoms with Crippen molar-refractivity contribution in [3.05, 3.63) is 11.6 Å². The highest BCUT2D eigenvalue weighted by Gasteiger charge is 2.64. The number of aliphatic carboxylic acids is 2. The van der Waals surface area contributed by atoms with E-state index in [0.717, 1.165) is 51.4 Å². The summed E-state index contributed by atoms with van der Waals surface area (Å²) >= 11 is 0. The van der Waals surface area contributed by atoms with Crippen LogP contribution in [-0.4, -0.2) is 22.2 Å². The van der Waals surface area contributed by atoms with Crippen molar-refractivity contribution in [2.45, 2.75) is 65.2 Å². The zero-order valence-electron chi connectivity index (χ0n) is 14.7. The second kappa shape index (κ2) is 4.86. The van der Waals surface area contributed by atoms with E-state index in [2.05, 4.69) is 13.0 Å². The number of hydrogen-bond donors (Lipinski definition) is 2. The number of carboxylic acids is 2. The predicted octanol–water partition coefficient (Wildman–Crippen LogP) is 4.10. The van der Waals surface area contributed by atoms with E-state index in [0.29, 0.717) is 11.5 Å². The minimum absolute atomic E-state index is 0.0125. The first-order chi connectivity index (χ1) is 11.2. The minimum atomic E-state index is -0.746. The van der Waals surface area contributed by atoms with Gasteiger partial charge in [-0.05, 0) is 80.5 Å². The summed E-state index contributed by atoms with van der Waals surface area (Å²) in [6.07, 6.45) is 9.82. The van der Waals surface area contributed by atoms with Gasteiger partial charge in [0.1, 0.15) is 0 Å². The Morgan fingerprint density at radius 3 is 2.46 bits per heavy atom. The number of carboxylic acid groups (broad SMARTS) is 2. The topological polar surface area (TPSA) is 74.6 Å². The van der Waals surface area contributed by atoms with Crippen LogP contribution in [0.25, 0.3) is 0 Å². The first-order valence-corrected chi connectivity index (χ1v) is 9.42. The molecule has 0 unspecified atom stereocenters. The molecule has 0 saturated heterocycles. The van der Waals surface area contributed by atoms with E-state index in [4.69, 9.17) is 0 Å². The lowest BCUT2D eigenvalue weighted by Gasteiger charge is -2.63. The number of rotatable bonds is 2. The van der Waals surface area contributed by atoms with Crippen LogP contribution < -0.4 is 0 Å². The van der Waals surface area contributed by atoms with Crippen molar-refractivity contribution >= 4 is 11.9 Å². The zero-order valence-corrected chi connectivity index (χ0v) is 14.7. The summed E-state index contributed by atoms with van der Waals surface area (Å²) in [6, 6.07) is 0. The van der Waals surface area contributed by atoms with Crippen molar-refractivity contribution in [3.63, 3.8) is 0 Å². The standard InChI is InChI=1S/C20H28O4/c1-18-7-3-8-19(2,17(23)24)14(18)6-9-20-10-12(4-5-15(18)20)13(11-20)16(21)22/h11-12,14-15H,3-10H2,1-2H3,(H,21,22)(H,23,24)/t12-,14-,15-,18+,19+,20-/m0/s1. The van der Waals surface area contributed by atoms with E-state index in [1.54, 1.807) is 0 Å². The largest absolute Gasteiger partial charge is 0.481 e. The van der Waals surface area contributed by atoms with Crippen LogP contribution in [0.1, 0.15) is 65.2 Å². The van der Waals surface area contributed by atoms with Crippen molar-refractivity contribution in [3.8, 4) is 0 Å². The lowest BCUT2D eigenvalue weighted by molar-refractivity contribution is -0.177. The van der Waals surface area contributed by atoms with Gasteiger partial charge in [0.15, 0.2) is 0 Å². The smallest absolute Gasteiger partial charge is 0.331 e. The summed E-state index contributed by atoms with van der Waals surface area (Å²) in [6.45, 7) is 4.27. The normalized spacial score (nSPS) is 49.8. The fourth-order valence-electron chi connectivity index (χ4n) is 7.43. The molecule has 0 aliphatic heterocycles. The lowest BCUT2D eigenvalue weighted by atomic mass is 9.41. The lowest BCUT2D eigenvalue weighted by Crippen LogP contribution is -2.58. The summed E-state index contributed by atoms with van der Waals surface area (Å²) in [5.41, 5.74) is 0.0533. The van der Waals surface area contributed by atoms with Gasteiger partial charge in [-0.3, -0.25) is 4.79 Å². The molecule has 6 atom stereocenters. The van der Waals surface area contributed by atoms with Crippen molar-refractivity contribution in [2.24, 2.45) is 34.0 Å². The maximum absolute atomic E-state index is 12.0. The van der Waals surface area contributed by atoms with Gasteiger partial charge in [0.05, 0.1) is 5.41 Å². The molecule has 2 bridgehead atoms. The third-order valence-corrected chi connectivity index (χ3v) is 8.41. The van der Waals surface area contributed by atoms with E-state index in [9.17, 15) is 19.8 Å². The summed E-state index contributed by atoms with van der Waals surface area (Å²) < 4.78 is 0. The molecule has 3 saturated carbocycles. The molecule has 4 nitrogen and oxygen atoms in total. The van der Waals surface area contributed by atoms with Crippen LogP contribution in [0, 0.1) is 34.0 Å². The SMILES string of the molecule is C[C@@]12CCC[C@@](C)(C(=O)O)[C@H]1CC[C@]13C=C(C(=O)O)[C@@H](CC[C@H]12)C3. The molecule has 4 aliphatic rings. The van der Waals surface area contributed by atoms with Crippen LogP contribution in [0.2, 0.25) is 0 Å². The van der Waals surface area contributed by atoms with Gasteiger partial charge in [0.25, 0.3) is 0 Å². The van der Waals surface area contributed by atoms with Gasteiger partial charge in [-0.2, -0.15) is 0 Å². The Hall–Kier alpha value is -1.32. The number of hydrogen-bond acceptors (Lipinski definition) is 2. The maximum Gasteiger partial charge on any atom is 0.331 e. The number of allylic oxidation sites excluding steroid dienone is 1. The molecule has 0 aromatic carbocycles. The van der Waals surface area contributed by atoms with Gasteiger partial charge in [-0.25, -0.2) is 4.79 Å². The second-order valence-electron chi connectivity index (χ2n) is 9.34. The summed E-state index contributed by atoms with van der Waals surface area (Å²) in [5, 5.41) is 19.5. The monoisotopic (exact) mass is 332 g/mol. The Morgan fingerprint density at radius 1 is 1.04 bits per heavy atom. The van der Waals surface area contributed by atoms with E-state index in [1.165, 1.54) is 0 Å². The van der Waals surface area contributed by atoms with Crippen LogP contribution in [0.5, 0.6) is 0 Å². The maximum atomic E-state index is 12.0. The summed E-state index contributed by atoms with van der Waals surface area (Å²) in [7, 11) is 0. The van der Waals surface area contributed by atoms with Crippen LogP contribution >= 0.6 is 0 Å². The summed E-state index contributed by atoms with van der Waals surface area (Å²) in [5.74, 6) is -0.519. The fourth-order valence-corrected chi connectivity index (χ4v) is 7.43. The van der Waals surface area contributed by atoms with Crippen LogP contribution in [-0.2, 0) is 9.59 Å².